The molecule has 2 atom stereocenters. The maximum atomic E-state index is 13.6. The third-order valence-electron chi connectivity index (χ3n) is 6.28. The third kappa shape index (κ3) is 3.96. The van der Waals surface area contributed by atoms with E-state index in [2.05, 4.69) is 21.4 Å². The molecule has 3 aromatic heterocycles. The number of aryl methyl sites for hydroxylation is 2. The number of halogens is 2. The lowest BCUT2D eigenvalue weighted by molar-refractivity contribution is 0.0760. The van der Waals surface area contributed by atoms with Crippen molar-refractivity contribution in [2.45, 2.75) is 19.8 Å². The molecule has 162 valence electrons. The number of carbonyl (C=O) groups is 1. The van der Waals surface area contributed by atoms with Gasteiger partial charge in [0, 0.05) is 20.1 Å². The second-order valence-electron chi connectivity index (χ2n) is 7.99. The molecule has 2 aliphatic rings. The number of hydrogen-bond donors (Lipinski definition) is 1. The van der Waals surface area contributed by atoms with Crippen molar-refractivity contribution >= 4 is 53.1 Å². The zero-order valence-corrected chi connectivity index (χ0v) is 19.6. The molecule has 30 heavy (non-hydrogen) atoms. The summed E-state index contributed by atoms with van der Waals surface area (Å²) < 4.78 is 1.79. The maximum absolute atomic E-state index is 13.6. The van der Waals surface area contributed by atoms with E-state index in [0.717, 1.165) is 71.9 Å². The number of rotatable bonds is 2. The molecule has 1 N–H and O–H groups in total. The lowest BCUT2D eigenvalue weighted by Crippen LogP contribution is -2.33. The van der Waals surface area contributed by atoms with Crippen LogP contribution in [-0.2, 0) is 7.05 Å². The molecule has 1 amide bonds. The number of thiophene rings is 1. The summed E-state index contributed by atoms with van der Waals surface area (Å²) in [6.07, 6.45) is 2.17. The van der Waals surface area contributed by atoms with Gasteiger partial charge >= 0.3 is 0 Å². The van der Waals surface area contributed by atoms with Crippen LogP contribution in [0.3, 0.4) is 0 Å². The Morgan fingerprint density at radius 1 is 1.20 bits per heavy atom. The van der Waals surface area contributed by atoms with Gasteiger partial charge in [0.1, 0.15) is 0 Å². The number of pyridine rings is 1. The fourth-order valence-electron chi connectivity index (χ4n) is 4.76. The minimum atomic E-state index is 0. The molecule has 6 nitrogen and oxygen atoms in total. The van der Waals surface area contributed by atoms with Crippen molar-refractivity contribution in [1.29, 1.82) is 0 Å². The summed E-state index contributed by atoms with van der Waals surface area (Å²) in [6, 6.07) is 6.04. The number of aromatic nitrogens is 3. The summed E-state index contributed by atoms with van der Waals surface area (Å²) in [5, 5.41) is 11.0. The van der Waals surface area contributed by atoms with E-state index in [1.165, 1.54) is 0 Å². The normalized spacial score (nSPS) is 20.9. The van der Waals surface area contributed by atoms with E-state index in [1.54, 1.807) is 16.0 Å². The van der Waals surface area contributed by atoms with Gasteiger partial charge in [0.05, 0.1) is 27.2 Å². The molecule has 0 bridgehead atoms. The van der Waals surface area contributed by atoms with Gasteiger partial charge in [-0.05, 0) is 62.2 Å². The minimum Gasteiger partial charge on any atom is -0.339 e. The van der Waals surface area contributed by atoms with Gasteiger partial charge in [0.15, 0.2) is 5.65 Å². The van der Waals surface area contributed by atoms with Crippen molar-refractivity contribution in [3.8, 4) is 10.6 Å². The van der Waals surface area contributed by atoms with Crippen LogP contribution in [0.25, 0.3) is 21.6 Å². The fourth-order valence-corrected chi connectivity index (χ4v) is 5.44. The average Bonchev–Trinajstić information content (AvgIpc) is 3.41. The van der Waals surface area contributed by atoms with Gasteiger partial charge < -0.3 is 10.2 Å². The van der Waals surface area contributed by atoms with Crippen LogP contribution >= 0.6 is 36.2 Å². The van der Waals surface area contributed by atoms with Gasteiger partial charge in [-0.3, -0.25) is 9.48 Å². The number of hydrogen-bond acceptors (Lipinski definition) is 5. The first kappa shape index (κ1) is 23.0. The number of fused-ring (bicyclic) bond motifs is 2. The Hall–Kier alpha value is -1.67. The SMILES string of the molecule is Cc1nn(C)c2nc(-c3cccs3)cc(C(=O)N3CC[C@@H]4CNC[C@@H]4CC3)c12.Cl.Cl. The first-order valence-electron chi connectivity index (χ1n) is 10.00. The molecular weight excluding hydrogens is 441 g/mol. The quantitative estimate of drug-likeness (QED) is 0.620. The highest BCUT2D eigenvalue weighted by molar-refractivity contribution is 7.13. The number of amides is 1. The molecule has 0 radical (unpaired) electrons. The smallest absolute Gasteiger partial charge is 0.254 e. The first-order valence-corrected chi connectivity index (χ1v) is 10.9. The molecule has 0 spiro atoms. The van der Waals surface area contributed by atoms with Crippen LogP contribution < -0.4 is 5.32 Å². The van der Waals surface area contributed by atoms with Gasteiger partial charge in [-0.1, -0.05) is 6.07 Å². The van der Waals surface area contributed by atoms with Crippen LogP contribution in [0.15, 0.2) is 23.6 Å². The molecule has 3 aromatic rings. The molecule has 2 aliphatic heterocycles. The topological polar surface area (TPSA) is 63.1 Å². The molecule has 5 rings (SSSR count). The molecular formula is C21H27Cl2N5OS. The predicted molar refractivity (Wildman–Crippen MR) is 126 cm³/mol. The Morgan fingerprint density at radius 3 is 2.53 bits per heavy atom. The number of carbonyl (C=O) groups excluding carboxylic acids is 1. The largest absolute Gasteiger partial charge is 0.339 e. The number of likely N-dealkylation sites (tertiary alicyclic amines) is 1. The highest BCUT2D eigenvalue weighted by Crippen LogP contribution is 2.32. The highest BCUT2D eigenvalue weighted by atomic mass is 35.5. The molecule has 9 heteroatoms. The van der Waals surface area contributed by atoms with Gasteiger partial charge in [-0.2, -0.15) is 5.10 Å². The first-order chi connectivity index (χ1) is 13.6. The van der Waals surface area contributed by atoms with Crippen LogP contribution in [0.4, 0.5) is 0 Å². The Labute approximate surface area is 192 Å². The summed E-state index contributed by atoms with van der Waals surface area (Å²) in [5.41, 5.74) is 3.23. The van der Waals surface area contributed by atoms with Crippen LogP contribution in [0, 0.1) is 18.8 Å². The predicted octanol–water partition coefficient (Wildman–Crippen LogP) is 3.92. The Bertz CT molecular complexity index is 1020. The molecule has 0 aliphatic carbocycles. The van der Waals surface area contributed by atoms with Crippen molar-refractivity contribution in [3.05, 3.63) is 34.8 Å². The number of nitrogens with one attached hydrogen (secondary N) is 1. The van der Waals surface area contributed by atoms with Gasteiger partial charge in [0.2, 0.25) is 0 Å². The zero-order chi connectivity index (χ0) is 19.3. The van der Waals surface area contributed by atoms with Crippen LogP contribution in [0.2, 0.25) is 0 Å². The van der Waals surface area contributed by atoms with Crippen molar-refractivity contribution < 1.29 is 4.79 Å². The average molecular weight is 468 g/mol. The summed E-state index contributed by atoms with van der Waals surface area (Å²) in [7, 11) is 1.90. The Balaban J connectivity index is 0.00000128. The zero-order valence-electron chi connectivity index (χ0n) is 17.1. The van der Waals surface area contributed by atoms with Gasteiger partial charge in [0.25, 0.3) is 5.91 Å². The molecule has 2 saturated heterocycles. The summed E-state index contributed by atoms with van der Waals surface area (Å²) in [5.74, 6) is 1.53. The lowest BCUT2D eigenvalue weighted by atomic mass is 9.92. The van der Waals surface area contributed by atoms with Crippen molar-refractivity contribution in [2.75, 3.05) is 26.2 Å². The van der Waals surface area contributed by atoms with Crippen molar-refractivity contribution in [1.82, 2.24) is 25.0 Å². The van der Waals surface area contributed by atoms with Gasteiger partial charge in [-0.15, -0.1) is 36.2 Å². The lowest BCUT2D eigenvalue weighted by Gasteiger charge is -2.22. The summed E-state index contributed by atoms with van der Waals surface area (Å²) >= 11 is 1.64. The highest BCUT2D eigenvalue weighted by Gasteiger charge is 2.32. The molecule has 0 unspecified atom stereocenters. The number of nitrogens with zero attached hydrogens (tertiary/aromatic N) is 4. The maximum Gasteiger partial charge on any atom is 0.254 e. The van der Waals surface area contributed by atoms with Crippen molar-refractivity contribution in [3.63, 3.8) is 0 Å². The second-order valence-corrected chi connectivity index (χ2v) is 8.94. The summed E-state index contributed by atoms with van der Waals surface area (Å²) in [4.78, 5) is 21.6. The standard InChI is InChI=1S/C21H25N5OS.2ClH/c1-13-19-16(21(27)26-7-5-14-11-22-12-15(14)6-8-26)10-17(18-4-3-9-28-18)23-20(19)25(2)24-13;;/h3-4,9-10,14-15,22H,5-8,11-12H2,1-2H3;2*1H/t14-,15+;;. The molecule has 0 saturated carbocycles. The van der Waals surface area contributed by atoms with E-state index in [4.69, 9.17) is 4.98 Å². The molecule has 0 aromatic carbocycles. The summed E-state index contributed by atoms with van der Waals surface area (Å²) in [6.45, 7) is 5.81. The van der Waals surface area contributed by atoms with Gasteiger partial charge in [-0.25, -0.2) is 4.98 Å². The van der Waals surface area contributed by atoms with Crippen LogP contribution in [0.1, 0.15) is 28.9 Å². The van der Waals surface area contributed by atoms with E-state index in [0.29, 0.717) is 11.8 Å². The third-order valence-corrected chi connectivity index (χ3v) is 7.17. The van der Waals surface area contributed by atoms with Crippen LogP contribution in [0.5, 0.6) is 0 Å². The Morgan fingerprint density at radius 2 is 1.90 bits per heavy atom. The van der Waals surface area contributed by atoms with E-state index in [1.807, 2.05) is 31.5 Å². The minimum absolute atomic E-state index is 0. The van der Waals surface area contributed by atoms with E-state index in [-0.39, 0.29) is 30.7 Å². The van der Waals surface area contributed by atoms with E-state index in [9.17, 15) is 4.79 Å². The van der Waals surface area contributed by atoms with E-state index < -0.39 is 0 Å². The molecule has 5 heterocycles. The fraction of sp³-hybridized carbons (Fsp3) is 0.476. The monoisotopic (exact) mass is 467 g/mol. The van der Waals surface area contributed by atoms with Crippen LogP contribution in [-0.4, -0.2) is 51.8 Å². The molecule has 2 fully saturated rings. The Kier molecular flexibility index (Phi) is 7.07. The van der Waals surface area contributed by atoms with E-state index >= 15 is 0 Å². The van der Waals surface area contributed by atoms with Crippen molar-refractivity contribution in [2.24, 2.45) is 18.9 Å². The second kappa shape index (κ2) is 9.22.